The number of benzene rings is 1. The minimum atomic E-state index is -0.301. The summed E-state index contributed by atoms with van der Waals surface area (Å²) in [6.07, 6.45) is 8.35. The summed E-state index contributed by atoms with van der Waals surface area (Å²) in [6, 6.07) is 0. The molecule has 0 heterocycles. The number of hydrogen-bond acceptors (Lipinski definition) is 3. The fourth-order valence-electron chi connectivity index (χ4n) is 6.33. The second-order valence-corrected chi connectivity index (χ2v) is 12.2. The first-order valence-corrected chi connectivity index (χ1v) is 11.6. The first-order valence-electron chi connectivity index (χ1n) is 11.6. The molecule has 3 saturated carbocycles. The van der Waals surface area contributed by atoms with Crippen LogP contribution in [-0.2, 0) is 38.6 Å². The molecule has 0 saturated heterocycles. The van der Waals surface area contributed by atoms with E-state index >= 15 is 0 Å². The minimum absolute atomic E-state index is 0.0478. The summed E-state index contributed by atoms with van der Waals surface area (Å²) >= 11 is 0. The van der Waals surface area contributed by atoms with Crippen LogP contribution in [0.25, 0.3) is 0 Å². The third-order valence-corrected chi connectivity index (χ3v) is 7.89. The van der Waals surface area contributed by atoms with Crippen LogP contribution in [0.4, 0.5) is 0 Å². The van der Waals surface area contributed by atoms with E-state index in [0.717, 1.165) is 62.5 Å². The van der Waals surface area contributed by atoms with Gasteiger partial charge in [0, 0.05) is 16.5 Å². The van der Waals surface area contributed by atoms with Crippen LogP contribution in [0, 0.1) is 5.41 Å². The Hall–Kier alpha value is -1.51. The van der Waals surface area contributed by atoms with Crippen LogP contribution in [0.2, 0.25) is 0 Å². The van der Waals surface area contributed by atoms with E-state index in [1.54, 1.807) is 0 Å². The van der Waals surface area contributed by atoms with Crippen LogP contribution in [0.1, 0.15) is 108 Å². The first kappa shape index (κ1) is 19.5. The fraction of sp³-hybridized carbons (Fsp3) is 0.731. The standard InChI is InChI=1S/C26H36O3/c1-23(2,3)19-16-9-10-17(20(21(19)27)24(4,5)6)18(16)25(11-12-25)26(13-14-26)22(28)29-15-7-8-15/h15,27H,7-14H2,1-6H3. The number of carbonyl (C=O) groups is 1. The molecule has 0 aliphatic heterocycles. The number of phenolic OH excluding ortho intramolecular Hbond substituents is 1. The average molecular weight is 397 g/mol. The normalized spacial score (nSPS) is 23.8. The van der Waals surface area contributed by atoms with Crippen molar-refractivity contribution in [3.05, 3.63) is 27.8 Å². The summed E-state index contributed by atoms with van der Waals surface area (Å²) in [5.74, 6) is 0.580. The molecule has 2 bridgehead atoms. The molecule has 0 radical (unpaired) electrons. The molecule has 0 amide bonds. The van der Waals surface area contributed by atoms with E-state index < -0.39 is 0 Å². The van der Waals surface area contributed by atoms with Crippen molar-refractivity contribution in [2.45, 2.75) is 115 Å². The zero-order chi connectivity index (χ0) is 21.0. The Kier molecular flexibility index (Phi) is 3.75. The molecule has 3 heteroatoms. The molecule has 4 aliphatic rings. The number of ether oxygens (including phenoxy) is 1. The van der Waals surface area contributed by atoms with E-state index in [1.165, 1.54) is 16.7 Å². The Morgan fingerprint density at radius 2 is 1.38 bits per heavy atom. The molecule has 158 valence electrons. The van der Waals surface area contributed by atoms with Crippen LogP contribution in [0.5, 0.6) is 5.75 Å². The molecule has 1 aromatic carbocycles. The lowest BCUT2D eigenvalue weighted by Gasteiger charge is -2.35. The molecular formula is C26H36O3. The van der Waals surface area contributed by atoms with Gasteiger partial charge in [-0.05, 0) is 78.9 Å². The lowest BCUT2D eigenvalue weighted by Crippen LogP contribution is -2.34. The summed E-state index contributed by atoms with van der Waals surface area (Å²) in [5.41, 5.74) is 5.78. The van der Waals surface area contributed by atoms with E-state index in [0.29, 0.717) is 5.75 Å². The quantitative estimate of drug-likeness (QED) is 0.674. The Labute approximate surface area is 175 Å². The van der Waals surface area contributed by atoms with Gasteiger partial charge in [0.1, 0.15) is 11.9 Å². The number of fused-ring (bicyclic) bond motifs is 2. The number of aromatic hydroxyl groups is 1. The van der Waals surface area contributed by atoms with Crippen molar-refractivity contribution in [3.8, 4) is 5.75 Å². The fourth-order valence-corrected chi connectivity index (χ4v) is 6.33. The molecule has 0 spiro atoms. The second kappa shape index (κ2) is 5.59. The average Bonchev–Trinajstić information content (AvgIpc) is 3.45. The van der Waals surface area contributed by atoms with Crippen molar-refractivity contribution in [2.24, 2.45) is 5.41 Å². The van der Waals surface area contributed by atoms with Crippen LogP contribution in [0.15, 0.2) is 0 Å². The highest BCUT2D eigenvalue weighted by Crippen LogP contribution is 2.74. The Morgan fingerprint density at radius 1 is 0.897 bits per heavy atom. The number of esters is 1. The summed E-state index contributed by atoms with van der Waals surface area (Å²) in [5, 5.41) is 11.4. The predicted octanol–water partition coefficient (Wildman–Crippen LogP) is 5.60. The van der Waals surface area contributed by atoms with Crippen molar-refractivity contribution in [2.75, 3.05) is 0 Å². The van der Waals surface area contributed by atoms with Gasteiger partial charge in [-0.1, -0.05) is 41.5 Å². The van der Waals surface area contributed by atoms with Crippen LogP contribution in [-0.4, -0.2) is 17.2 Å². The van der Waals surface area contributed by atoms with Gasteiger partial charge in [-0.25, -0.2) is 0 Å². The van der Waals surface area contributed by atoms with Gasteiger partial charge in [0.05, 0.1) is 5.41 Å². The van der Waals surface area contributed by atoms with Gasteiger partial charge in [-0.3, -0.25) is 4.79 Å². The molecule has 1 N–H and O–H groups in total. The summed E-state index contributed by atoms with van der Waals surface area (Å²) in [7, 11) is 0. The molecule has 0 aromatic heterocycles. The van der Waals surface area contributed by atoms with Gasteiger partial charge in [0.2, 0.25) is 0 Å². The Morgan fingerprint density at radius 3 is 1.72 bits per heavy atom. The minimum Gasteiger partial charge on any atom is -0.507 e. The van der Waals surface area contributed by atoms with Crippen molar-refractivity contribution in [3.63, 3.8) is 0 Å². The molecule has 5 rings (SSSR count). The molecule has 3 nitrogen and oxygen atoms in total. The SMILES string of the molecule is CC(C)(C)c1c(O)c(C(C)(C)C)c2c(C3(C4(C(=O)OC5CC5)CC4)CC3)c1CC2. The Bertz CT molecular complexity index is 854. The van der Waals surface area contributed by atoms with Gasteiger partial charge in [0.15, 0.2) is 0 Å². The van der Waals surface area contributed by atoms with Crippen molar-refractivity contribution < 1.29 is 14.6 Å². The lowest BCUT2D eigenvalue weighted by atomic mass is 9.69. The zero-order valence-corrected chi connectivity index (χ0v) is 19.0. The number of carbonyl (C=O) groups excluding carboxylic acids is 1. The number of phenols is 1. The van der Waals surface area contributed by atoms with E-state index in [4.69, 9.17) is 4.74 Å². The Balaban J connectivity index is 1.72. The summed E-state index contributed by atoms with van der Waals surface area (Å²) in [6.45, 7) is 13.3. The smallest absolute Gasteiger partial charge is 0.313 e. The van der Waals surface area contributed by atoms with E-state index in [9.17, 15) is 9.90 Å². The van der Waals surface area contributed by atoms with Gasteiger partial charge in [-0.2, -0.15) is 0 Å². The van der Waals surface area contributed by atoms with E-state index in [2.05, 4.69) is 41.5 Å². The summed E-state index contributed by atoms with van der Waals surface area (Å²) < 4.78 is 5.87. The van der Waals surface area contributed by atoms with Crippen LogP contribution >= 0.6 is 0 Å². The largest absolute Gasteiger partial charge is 0.507 e. The molecule has 0 atom stereocenters. The predicted molar refractivity (Wildman–Crippen MR) is 115 cm³/mol. The molecular weight excluding hydrogens is 360 g/mol. The lowest BCUT2D eigenvalue weighted by molar-refractivity contribution is -0.153. The molecule has 0 unspecified atom stereocenters. The highest BCUT2D eigenvalue weighted by atomic mass is 16.6. The number of rotatable bonds is 4. The third-order valence-electron chi connectivity index (χ3n) is 7.89. The monoisotopic (exact) mass is 396 g/mol. The van der Waals surface area contributed by atoms with Gasteiger partial charge >= 0.3 is 5.97 Å². The topological polar surface area (TPSA) is 46.5 Å². The molecule has 29 heavy (non-hydrogen) atoms. The first-order chi connectivity index (χ1) is 13.4. The van der Waals surface area contributed by atoms with E-state index in [1.807, 2.05) is 0 Å². The van der Waals surface area contributed by atoms with Gasteiger partial charge in [-0.15, -0.1) is 0 Å². The molecule has 3 fully saturated rings. The van der Waals surface area contributed by atoms with Crippen molar-refractivity contribution in [1.82, 2.24) is 0 Å². The van der Waals surface area contributed by atoms with Gasteiger partial charge in [0.25, 0.3) is 0 Å². The maximum atomic E-state index is 13.2. The van der Waals surface area contributed by atoms with Crippen molar-refractivity contribution >= 4 is 5.97 Å². The summed E-state index contributed by atoms with van der Waals surface area (Å²) in [4.78, 5) is 13.2. The van der Waals surface area contributed by atoms with Crippen LogP contribution in [0.3, 0.4) is 0 Å². The number of hydrogen-bond donors (Lipinski definition) is 1. The highest BCUT2D eigenvalue weighted by molar-refractivity contribution is 5.85. The third kappa shape index (κ3) is 2.65. The molecule has 1 aromatic rings. The maximum absolute atomic E-state index is 13.2. The zero-order valence-electron chi connectivity index (χ0n) is 19.0. The van der Waals surface area contributed by atoms with Gasteiger partial charge < -0.3 is 9.84 Å². The molecule has 4 aliphatic carbocycles. The maximum Gasteiger partial charge on any atom is 0.313 e. The van der Waals surface area contributed by atoms with Crippen molar-refractivity contribution in [1.29, 1.82) is 0 Å². The van der Waals surface area contributed by atoms with E-state index in [-0.39, 0.29) is 33.7 Å². The van der Waals surface area contributed by atoms with Crippen LogP contribution < -0.4 is 0 Å². The second-order valence-electron chi connectivity index (χ2n) is 12.2. The highest BCUT2D eigenvalue weighted by Gasteiger charge is 2.72.